The van der Waals surface area contributed by atoms with E-state index >= 15 is 0 Å². The molecule has 2 atom stereocenters. The van der Waals surface area contributed by atoms with E-state index in [1.165, 1.54) is 0 Å². The lowest BCUT2D eigenvalue weighted by Gasteiger charge is -2.25. The summed E-state index contributed by atoms with van der Waals surface area (Å²) in [6.07, 6.45) is 0.965. The number of benzene rings is 1. The highest BCUT2D eigenvalue weighted by atomic mass is 16.5. The van der Waals surface area contributed by atoms with Gasteiger partial charge in [0.05, 0.1) is 13.2 Å². The number of hydrogen-bond acceptors (Lipinski definition) is 3. The molecule has 2 unspecified atom stereocenters. The molecule has 0 aromatic heterocycles. The maximum Gasteiger partial charge on any atom is 0.125 e. The highest BCUT2D eigenvalue weighted by Crippen LogP contribution is 2.33. The Morgan fingerprint density at radius 2 is 1.89 bits per heavy atom. The summed E-state index contributed by atoms with van der Waals surface area (Å²) in [4.78, 5) is 0. The van der Waals surface area contributed by atoms with Gasteiger partial charge < -0.3 is 14.6 Å². The molecule has 0 bridgehead atoms. The Labute approximate surface area is 110 Å². The van der Waals surface area contributed by atoms with Crippen molar-refractivity contribution in [2.24, 2.45) is 0 Å². The van der Waals surface area contributed by atoms with E-state index in [9.17, 15) is 5.11 Å². The molecule has 0 heterocycles. The average Bonchev–Trinajstić information content (AvgIpc) is 2.34. The highest BCUT2D eigenvalue weighted by Gasteiger charge is 2.24. The van der Waals surface area contributed by atoms with Crippen LogP contribution in [0.25, 0.3) is 0 Å². The van der Waals surface area contributed by atoms with Crippen molar-refractivity contribution in [3.63, 3.8) is 0 Å². The molecule has 3 nitrogen and oxygen atoms in total. The Hall–Kier alpha value is -1.06. The van der Waals surface area contributed by atoms with E-state index in [0.717, 1.165) is 35.3 Å². The van der Waals surface area contributed by atoms with Crippen molar-refractivity contribution in [1.82, 2.24) is 0 Å². The summed E-state index contributed by atoms with van der Waals surface area (Å²) >= 11 is 0. The van der Waals surface area contributed by atoms with Crippen molar-refractivity contribution in [2.75, 3.05) is 14.2 Å². The molecule has 1 rings (SSSR count). The zero-order valence-corrected chi connectivity index (χ0v) is 12.0. The lowest BCUT2D eigenvalue weighted by atomic mass is 9.94. The van der Waals surface area contributed by atoms with Crippen LogP contribution in [0.3, 0.4) is 0 Å². The maximum atomic E-state index is 10.5. The molecule has 0 saturated carbocycles. The third-order valence-corrected chi connectivity index (χ3v) is 3.24. The first-order chi connectivity index (χ1) is 8.54. The van der Waals surface area contributed by atoms with Gasteiger partial charge in [-0.15, -0.1) is 0 Å². The van der Waals surface area contributed by atoms with Crippen molar-refractivity contribution in [2.45, 2.75) is 45.8 Å². The van der Waals surface area contributed by atoms with E-state index in [1.807, 2.05) is 19.9 Å². The van der Waals surface area contributed by atoms with Gasteiger partial charge in [0.25, 0.3) is 0 Å². The second-order valence-electron chi connectivity index (χ2n) is 4.71. The minimum absolute atomic E-state index is 0.190. The van der Waals surface area contributed by atoms with Gasteiger partial charge in [-0.25, -0.2) is 0 Å². The molecular weight excluding hydrogens is 228 g/mol. The van der Waals surface area contributed by atoms with Crippen LogP contribution in [0.4, 0.5) is 0 Å². The molecule has 0 aliphatic rings. The van der Waals surface area contributed by atoms with Gasteiger partial charge >= 0.3 is 0 Å². The van der Waals surface area contributed by atoms with Gasteiger partial charge in [-0.2, -0.15) is 0 Å². The average molecular weight is 252 g/mol. The first kappa shape index (κ1) is 15.0. The normalized spacial score (nSPS) is 14.3. The fourth-order valence-electron chi connectivity index (χ4n) is 2.36. The second kappa shape index (κ2) is 6.76. The fraction of sp³-hybridized carbons (Fsp3) is 0.600. The molecule has 0 radical (unpaired) electrons. The van der Waals surface area contributed by atoms with Crippen molar-refractivity contribution in [3.05, 3.63) is 28.8 Å². The number of hydrogen-bond donors (Lipinski definition) is 1. The Morgan fingerprint density at radius 3 is 2.39 bits per heavy atom. The first-order valence-electron chi connectivity index (χ1n) is 6.41. The molecular formula is C15H24O3. The van der Waals surface area contributed by atoms with Crippen LogP contribution < -0.4 is 4.74 Å². The fourth-order valence-corrected chi connectivity index (χ4v) is 2.36. The maximum absolute atomic E-state index is 10.5. The molecule has 1 N–H and O–H groups in total. The van der Waals surface area contributed by atoms with Gasteiger partial charge in [0.2, 0.25) is 0 Å². The standard InChI is InChI=1S/C15H24O3/c1-6-7-12(17-4)15(16)14-11(3)8-10(2)9-13(14)18-5/h8-9,12,15-16H,6-7H2,1-5H3. The first-order valence-corrected chi connectivity index (χ1v) is 6.41. The Kier molecular flexibility index (Phi) is 5.63. The van der Waals surface area contributed by atoms with E-state index in [1.54, 1.807) is 14.2 Å². The van der Waals surface area contributed by atoms with Crippen molar-refractivity contribution in [3.8, 4) is 5.75 Å². The second-order valence-corrected chi connectivity index (χ2v) is 4.71. The Morgan fingerprint density at radius 1 is 1.22 bits per heavy atom. The van der Waals surface area contributed by atoms with Crippen LogP contribution in [-0.2, 0) is 4.74 Å². The number of rotatable bonds is 6. The van der Waals surface area contributed by atoms with Crippen LogP contribution in [0.5, 0.6) is 5.75 Å². The molecule has 18 heavy (non-hydrogen) atoms. The van der Waals surface area contributed by atoms with E-state index in [-0.39, 0.29) is 6.10 Å². The van der Waals surface area contributed by atoms with Gasteiger partial charge in [-0.1, -0.05) is 19.4 Å². The van der Waals surface area contributed by atoms with Gasteiger partial charge in [-0.3, -0.25) is 0 Å². The lowest BCUT2D eigenvalue weighted by Crippen LogP contribution is -2.22. The zero-order valence-electron chi connectivity index (χ0n) is 12.0. The van der Waals surface area contributed by atoms with Crippen LogP contribution in [0, 0.1) is 13.8 Å². The van der Waals surface area contributed by atoms with Crippen LogP contribution in [0.2, 0.25) is 0 Å². The molecule has 1 aromatic rings. The van der Waals surface area contributed by atoms with Gasteiger partial charge in [0, 0.05) is 12.7 Å². The predicted octanol–water partition coefficient (Wildman–Crippen LogP) is 3.16. The number of aryl methyl sites for hydroxylation is 2. The summed E-state index contributed by atoms with van der Waals surface area (Å²) in [7, 11) is 3.27. The highest BCUT2D eigenvalue weighted by molar-refractivity contribution is 5.44. The van der Waals surface area contributed by atoms with Crippen molar-refractivity contribution in [1.29, 1.82) is 0 Å². The number of methoxy groups -OCH3 is 2. The van der Waals surface area contributed by atoms with E-state index in [4.69, 9.17) is 9.47 Å². The quantitative estimate of drug-likeness (QED) is 0.845. The van der Waals surface area contributed by atoms with E-state index in [2.05, 4.69) is 13.0 Å². The monoisotopic (exact) mass is 252 g/mol. The number of ether oxygens (including phenoxy) is 2. The van der Waals surface area contributed by atoms with Crippen molar-refractivity contribution >= 4 is 0 Å². The van der Waals surface area contributed by atoms with Crippen molar-refractivity contribution < 1.29 is 14.6 Å². The summed E-state index contributed by atoms with van der Waals surface area (Å²) in [5.74, 6) is 0.734. The van der Waals surface area contributed by atoms with Gasteiger partial charge in [0.1, 0.15) is 11.9 Å². The minimum Gasteiger partial charge on any atom is -0.496 e. The molecule has 0 spiro atoms. The third-order valence-electron chi connectivity index (χ3n) is 3.24. The molecule has 0 saturated heterocycles. The molecule has 0 aliphatic heterocycles. The predicted molar refractivity (Wildman–Crippen MR) is 73.1 cm³/mol. The summed E-state index contributed by atoms with van der Waals surface area (Å²) in [5, 5.41) is 10.5. The molecule has 102 valence electrons. The van der Waals surface area contributed by atoms with Crippen LogP contribution in [-0.4, -0.2) is 25.4 Å². The topological polar surface area (TPSA) is 38.7 Å². The smallest absolute Gasteiger partial charge is 0.125 e. The van der Waals surface area contributed by atoms with Crippen LogP contribution >= 0.6 is 0 Å². The van der Waals surface area contributed by atoms with Gasteiger partial charge in [-0.05, 0) is 37.5 Å². The largest absolute Gasteiger partial charge is 0.496 e. The van der Waals surface area contributed by atoms with E-state index in [0.29, 0.717) is 0 Å². The molecule has 3 heteroatoms. The van der Waals surface area contributed by atoms with Gasteiger partial charge in [0.15, 0.2) is 0 Å². The molecule has 1 aromatic carbocycles. The third kappa shape index (κ3) is 3.24. The number of aliphatic hydroxyl groups excluding tert-OH is 1. The Bertz CT molecular complexity index is 388. The Balaban J connectivity index is 3.14. The minimum atomic E-state index is -0.648. The summed E-state index contributed by atoms with van der Waals surface area (Å²) in [5.41, 5.74) is 3.01. The lowest BCUT2D eigenvalue weighted by molar-refractivity contribution is -0.0192. The summed E-state index contributed by atoms with van der Waals surface area (Å²) in [6.45, 7) is 6.09. The summed E-state index contributed by atoms with van der Waals surface area (Å²) in [6, 6.07) is 4.00. The number of aliphatic hydroxyl groups is 1. The SMILES string of the molecule is CCCC(OC)C(O)c1c(C)cc(C)cc1OC. The van der Waals surface area contributed by atoms with E-state index < -0.39 is 6.10 Å². The van der Waals surface area contributed by atoms with Crippen LogP contribution in [0.15, 0.2) is 12.1 Å². The molecule has 0 amide bonds. The summed E-state index contributed by atoms with van der Waals surface area (Å²) < 4.78 is 10.8. The van der Waals surface area contributed by atoms with Crippen LogP contribution in [0.1, 0.15) is 42.6 Å². The zero-order chi connectivity index (χ0) is 13.7. The molecule has 0 aliphatic carbocycles. The molecule has 0 fully saturated rings.